The monoisotopic (exact) mass is 222 g/mol. The van der Waals surface area contributed by atoms with Crippen molar-refractivity contribution in [2.24, 2.45) is 11.7 Å². The number of aromatic nitrogens is 2. The molecule has 0 radical (unpaired) electrons. The molecule has 1 unspecified atom stereocenters. The molecule has 4 heteroatoms. The third-order valence-corrected chi connectivity index (χ3v) is 3.15. The Morgan fingerprint density at radius 2 is 2.44 bits per heavy atom. The van der Waals surface area contributed by atoms with E-state index >= 15 is 0 Å². The van der Waals surface area contributed by atoms with Gasteiger partial charge in [-0.3, -0.25) is 0 Å². The normalized spacial score (nSPS) is 17.6. The van der Waals surface area contributed by atoms with E-state index in [1.807, 2.05) is 12.5 Å². The van der Waals surface area contributed by atoms with Crippen LogP contribution in [0.15, 0.2) is 12.5 Å². The van der Waals surface area contributed by atoms with Crippen molar-refractivity contribution in [3.05, 3.63) is 18.2 Å². The summed E-state index contributed by atoms with van der Waals surface area (Å²) in [5, 5.41) is 3.55. The van der Waals surface area contributed by atoms with E-state index in [0.717, 1.165) is 25.4 Å². The van der Waals surface area contributed by atoms with Crippen molar-refractivity contribution in [2.75, 3.05) is 13.1 Å². The Kier molecular flexibility index (Phi) is 3.96. The molecule has 0 saturated heterocycles. The summed E-state index contributed by atoms with van der Waals surface area (Å²) < 4.78 is 2.21. The zero-order chi connectivity index (χ0) is 11.4. The van der Waals surface area contributed by atoms with Gasteiger partial charge in [0.05, 0.1) is 18.1 Å². The number of imidazole rings is 1. The maximum Gasteiger partial charge on any atom is 0.0948 e. The van der Waals surface area contributed by atoms with Gasteiger partial charge in [0.25, 0.3) is 0 Å². The molecule has 90 valence electrons. The second-order valence-corrected chi connectivity index (χ2v) is 4.65. The fraction of sp³-hybridized carbons (Fsp3) is 0.750. The van der Waals surface area contributed by atoms with Crippen LogP contribution in [0.2, 0.25) is 0 Å². The molecule has 1 aromatic heterocycles. The van der Waals surface area contributed by atoms with Crippen molar-refractivity contribution in [1.29, 1.82) is 0 Å². The molecule has 0 aromatic carbocycles. The minimum Gasteiger partial charge on any atom is -0.333 e. The zero-order valence-corrected chi connectivity index (χ0v) is 10.0. The van der Waals surface area contributed by atoms with Crippen LogP contribution in [0, 0.1) is 5.92 Å². The summed E-state index contributed by atoms with van der Waals surface area (Å²) >= 11 is 0. The minimum absolute atomic E-state index is 0.259. The highest BCUT2D eigenvalue weighted by molar-refractivity contribution is 5.06. The molecular weight excluding hydrogens is 200 g/mol. The molecule has 1 fully saturated rings. The number of nitrogens with two attached hydrogens (primary N) is 1. The van der Waals surface area contributed by atoms with Crippen LogP contribution in [0.4, 0.5) is 0 Å². The van der Waals surface area contributed by atoms with Gasteiger partial charge in [0, 0.05) is 19.3 Å². The third-order valence-electron chi connectivity index (χ3n) is 3.15. The molecule has 0 aliphatic heterocycles. The Morgan fingerprint density at radius 3 is 3.06 bits per heavy atom. The summed E-state index contributed by atoms with van der Waals surface area (Å²) in [4.78, 5) is 4.22. The van der Waals surface area contributed by atoms with E-state index in [4.69, 9.17) is 5.73 Å². The van der Waals surface area contributed by atoms with Gasteiger partial charge in [0.2, 0.25) is 0 Å². The molecule has 4 nitrogen and oxygen atoms in total. The van der Waals surface area contributed by atoms with Crippen LogP contribution in [0.1, 0.15) is 37.9 Å². The molecule has 3 N–H and O–H groups in total. The molecule has 2 rings (SSSR count). The predicted molar refractivity (Wildman–Crippen MR) is 65.0 cm³/mol. The molecule has 1 aliphatic carbocycles. The summed E-state index contributed by atoms with van der Waals surface area (Å²) in [7, 11) is 0. The van der Waals surface area contributed by atoms with Crippen molar-refractivity contribution in [2.45, 2.75) is 38.8 Å². The average Bonchev–Trinajstić information content (AvgIpc) is 3.01. The number of nitrogens with one attached hydrogen (secondary N) is 1. The van der Waals surface area contributed by atoms with Gasteiger partial charge in [0.1, 0.15) is 0 Å². The third kappa shape index (κ3) is 2.83. The Balaban J connectivity index is 1.96. The van der Waals surface area contributed by atoms with Crippen molar-refractivity contribution in [3.8, 4) is 0 Å². The van der Waals surface area contributed by atoms with Crippen LogP contribution in [-0.4, -0.2) is 22.6 Å². The molecule has 1 aromatic rings. The number of aryl methyl sites for hydroxylation is 1. The van der Waals surface area contributed by atoms with E-state index in [2.05, 4.69) is 21.8 Å². The minimum atomic E-state index is 0.259. The summed E-state index contributed by atoms with van der Waals surface area (Å²) in [6.07, 6.45) is 7.72. The van der Waals surface area contributed by atoms with Crippen LogP contribution >= 0.6 is 0 Å². The molecule has 0 bridgehead atoms. The van der Waals surface area contributed by atoms with E-state index < -0.39 is 0 Å². The second kappa shape index (κ2) is 5.46. The number of nitrogens with zero attached hydrogens (tertiary/aromatic N) is 2. The van der Waals surface area contributed by atoms with Gasteiger partial charge in [0.15, 0.2) is 0 Å². The molecular formula is C12H22N4. The van der Waals surface area contributed by atoms with Gasteiger partial charge in [-0.2, -0.15) is 0 Å². The highest BCUT2D eigenvalue weighted by atomic mass is 15.1. The zero-order valence-electron chi connectivity index (χ0n) is 10.0. The van der Waals surface area contributed by atoms with Crippen molar-refractivity contribution >= 4 is 0 Å². The summed E-state index contributed by atoms with van der Waals surface area (Å²) in [6, 6.07) is 0.259. The Morgan fingerprint density at radius 1 is 1.62 bits per heavy atom. The van der Waals surface area contributed by atoms with Crippen molar-refractivity contribution in [3.63, 3.8) is 0 Å². The van der Waals surface area contributed by atoms with Crippen molar-refractivity contribution in [1.82, 2.24) is 14.9 Å². The summed E-state index contributed by atoms with van der Waals surface area (Å²) in [5.74, 6) is 0.886. The Labute approximate surface area is 97.2 Å². The Hall–Kier alpha value is -0.870. The highest BCUT2D eigenvalue weighted by Crippen LogP contribution is 2.28. The SMILES string of the molecule is CCCn1cncc1C(CN)NCC1CC1. The fourth-order valence-electron chi connectivity index (χ4n) is 1.99. The summed E-state index contributed by atoms with van der Waals surface area (Å²) in [6.45, 7) is 4.94. The molecule has 1 saturated carbocycles. The van der Waals surface area contributed by atoms with E-state index in [1.165, 1.54) is 18.5 Å². The van der Waals surface area contributed by atoms with Gasteiger partial charge in [-0.05, 0) is 31.7 Å². The van der Waals surface area contributed by atoms with Crippen LogP contribution < -0.4 is 11.1 Å². The van der Waals surface area contributed by atoms with E-state index in [9.17, 15) is 0 Å². The largest absolute Gasteiger partial charge is 0.333 e. The van der Waals surface area contributed by atoms with Gasteiger partial charge < -0.3 is 15.6 Å². The van der Waals surface area contributed by atoms with Crippen LogP contribution in [0.3, 0.4) is 0 Å². The number of hydrogen-bond donors (Lipinski definition) is 2. The quantitative estimate of drug-likeness (QED) is 0.731. The molecule has 1 aliphatic rings. The predicted octanol–water partition coefficient (Wildman–Crippen LogP) is 1.29. The van der Waals surface area contributed by atoms with Gasteiger partial charge in [-0.15, -0.1) is 0 Å². The van der Waals surface area contributed by atoms with E-state index in [0.29, 0.717) is 6.54 Å². The standard InChI is InChI=1S/C12H22N4/c1-2-5-16-9-14-8-12(16)11(6-13)15-7-10-3-4-10/h8-11,15H,2-7,13H2,1H3. The highest BCUT2D eigenvalue weighted by Gasteiger charge is 2.23. The Bertz CT molecular complexity index is 317. The van der Waals surface area contributed by atoms with Crippen LogP contribution in [0.5, 0.6) is 0 Å². The fourth-order valence-corrected chi connectivity index (χ4v) is 1.99. The average molecular weight is 222 g/mol. The molecule has 1 atom stereocenters. The first-order valence-electron chi connectivity index (χ1n) is 6.28. The second-order valence-electron chi connectivity index (χ2n) is 4.65. The first-order valence-corrected chi connectivity index (χ1v) is 6.28. The molecule has 1 heterocycles. The lowest BCUT2D eigenvalue weighted by Crippen LogP contribution is -2.31. The van der Waals surface area contributed by atoms with Gasteiger partial charge in [-0.1, -0.05) is 6.92 Å². The van der Waals surface area contributed by atoms with Gasteiger partial charge in [-0.25, -0.2) is 4.98 Å². The molecule has 16 heavy (non-hydrogen) atoms. The van der Waals surface area contributed by atoms with E-state index in [-0.39, 0.29) is 6.04 Å². The van der Waals surface area contributed by atoms with Crippen LogP contribution in [0.25, 0.3) is 0 Å². The van der Waals surface area contributed by atoms with E-state index in [1.54, 1.807) is 0 Å². The first-order chi connectivity index (χ1) is 7.85. The van der Waals surface area contributed by atoms with Gasteiger partial charge >= 0.3 is 0 Å². The number of rotatable bonds is 7. The maximum absolute atomic E-state index is 5.83. The lowest BCUT2D eigenvalue weighted by Gasteiger charge is -2.18. The van der Waals surface area contributed by atoms with Crippen molar-refractivity contribution < 1.29 is 0 Å². The lowest BCUT2D eigenvalue weighted by molar-refractivity contribution is 0.486. The number of hydrogen-bond acceptors (Lipinski definition) is 3. The lowest BCUT2D eigenvalue weighted by atomic mass is 10.2. The summed E-state index contributed by atoms with van der Waals surface area (Å²) in [5.41, 5.74) is 7.06. The maximum atomic E-state index is 5.83. The molecule has 0 amide bonds. The first kappa shape index (κ1) is 11.6. The topological polar surface area (TPSA) is 55.9 Å². The smallest absolute Gasteiger partial charge is 0.0948 e. The molecule has 0 spiro atoms. The van der Waals surface area contributed by atoms with Crippen LogP contribution in [-0.2, 0) is 6.54 Å².